The Hall–Kier alpha value is -4.76. The number of halogens is 1. The lowest BCUT2D eigenvalue weighted by atomic mass is 10.1. The number of hydrogen-bond donors (Lipinski definition) is 1. The van der Waals surface area contributed by atoms with Gasteiger partial charge in [-0.15, -0.1) is 5.10 Å². The van der Waals surface area contributed by atoms with Crippen LogP contribution < -0.4 is 0 Å². The van der Waals surface area contributed by atoms with Gasteiger partial charge < -0.3 is 9.84 Å². The summed E-state index contributed by atoms with van der Waals surface area (Å²) in [6.45, 7) is 0. The molecule has 1 N–H and O–H groups in total. The first-order valence-corrected chi connectivity index (χ1v) is 11.1. The number of aromatic nitrogens is 1. The molecule has 178 valence electrons. The molecule has 0 bridgehead atoms. The van der Waals surface area contributed by atoms with Gasteiger partial charge in [-0.3, -0.25) is 14.9 Å². The number of fused-ring (bicyclic) bond motifs is 1. The largest absolute Gasteiger partial charge is 0.508 e. The molecule has 0 fully saturated rings. The summed E-state index contributed by atoms with van der Waals surface area (Å²) < 4.78 is 6.06. The normalized spacial score (nSPS) is 15.2. The molecule has 5 rings (SSSR count). The molecule has 1 aliphatic rings. The molecule has 1 aromatic heterocycles. The van der Waals surface area contributed by atoms with E-state index in [4.69, 9.17) is 16.3 Å². The number of rotatable bonds is 5. The predicted molar refractivity (Wildman–Crippen MR) is 134 cm³/mol. The number of para-hydroxylation sites is 1. The zero-order chi connectivity index (χ0) is 25.2. The second-order valence-electron chi connectivity index (χ2n) is 7.85. The molecule has 3 aromatic carbocycles. The van der Waals surface area contributed by atoms with Crippen molar-refractivity contribution in [1.82, 2.24) is 9.99 Å². The molecule has 0 saturated carbocycles. The minimum absolute atomic E-state index is 0.0829. The van der Waals surface area contributed by atoms with Gasteiger partial charge in [-0.25, -0.2) is 4.98 Å². The topological polar surface area (TPSA) is 118 Å². The lowest BCUT2D eigenvalue weighted by Gasteiger charge is -2.20. The molecule has 0 aliphatic carbocycles. The van der Waals surface area contributed by atoms with E-state index in [1.807, 2.05) is 24.3 Å². The fourth-order valence-electron chi connectivity index (χ4n) is 3.65. The van der Waals surface area contributed by atoms with Crippen molar-refractivity contribution in [1.29, 1.82) is 0 Å². The van der Waals surface area contributed by atoms with Crippen molar-refractivity contribution in [3.05, 3.63) is 117 Å². The molecule has 0 saturated heterocycles. The van der Waals surface area contributed by atoms with Gasteiger partial charge >= 0.3 is 0 Å². The van der Waals surface area contributed by atoms with Crippen LogP contribution in [-0.4, -0.2) is 31.8 Å². The lowest BCUT2D eigenvalue weighted by molar-refractivity contribution is -0.384. The highest BCUT2D eigenvalue weighted by molar-refractivity contribution is 6.30. The van der Waals surface area contributed by atoms with Crippen molar-refractivity contribution in [2.45, 2.75) is 6.23 Å². The number of phenolic OH excluding ortho intramolecular Hbond substituents is 1. The number of amides is 1. The van der Waals surface area contributed by atoms with Gasteiger partial charge in [0, 0.05) is 29.2 Å². The fourth-order valence-corrected chi connectivity index (χ4v) is 3.89. The van der Waals surface area contributed by atoms with Crippen LogP contribution in [0.4, 0.5) is 5.69 Å². The highest BCUT2D eigenvalue weighted by Crippen LogP contribution is 2.35. The van der Waals surface area contributed by atoms with Crippen molar-refractivity contribution in [3.8, 4) is 5.75 Å². The van der Waals surface area contributed by atoms with Crippen molar-refractivity contribution in [3.63, 3.8) is 0 Å². The maximum Gasteiger partial charge on any atom is 0.270 e. The van der Waals surface area contributed by atoms with Gasteiger partial charge in [0.05, 0.1) is 16.0 Å². The maximum atomic E-state index is 13.2. The predicted octanol–water partition coefficient (Wildman–Crippen LogP) is 5.43. The summed E-state index contributed by atoms with van der Waals surface area (Å²) in [5.74, 6) is -0.276. The van der Waals surface area contributed by atoms with Gasteiger partial charge in [0.15, 0.2) is 0 Å². The number of benzene rings is 3. The monoisotopic (exact) mass is 500 g/mol. The standard InChI is InChI=1S/C26H17ClN4O5/c27-24-21(15-18-3-1-2-4-22(18)28-24)26-30(23(33)14-7-16-5-12-20(32)13-6-16)29-25(36-26)17-8-10-19(11-9-17)31(34)35/h1-15,26,32H/b14-7+. The van der Waals surface area contributed by atoms with E-state index in [-0.39, 0.29) is 22.5 Å². The molecular weight excluding hydrogens is 484 g/mol. The van der Waals surface area contributed by atoms with E-state index in [1.165, 1.54) is 42.5 Å². The molecule has 9 nitrogen and oxygen atoms in total. The zero-order valence-corrected chi connectivity index (χ0v) is 19.2. The van der Waals surface area contributed by atoms with E-state index >= 15 is 0 Å². The first-order valence-electron chi connectivity index (χ1n) is 10.7. The third-order valence-corrected chi connectivity index (χ3v) is 5.78. The van der Waals surface area contributed by atoms with E-state index in [9.17, 15) is 20.0 Å². The van der Waals surface area contributed by atoms with Crippen LogP contribution in [0.25, 0.3) is 17.0 Å². The van der Waals surface area contributed by atoms with Gasteiger partial charge in [0.25, 0.3) is 11.6 Å². The fraction of sp³-hybridized carbons (Fsp3) is 0.0385. The molecular formula is C26H17ClN4O5. The number of hydrogen-bond acceptors (Lipinski definition) is 7. The van der Waals surface area contributed by atoms with Gasteiger partial charge in [0.1, 0.15) is 10.9 Å². The van der Waals surface area contributed by atoms with Crippen LogP contribution in [0.1, 0.15) is 22.9 Å². The summed E-state index contributed by atoms with van der Waals surface area (Å²) in [5, 5.41) is 26.9. The van der Waals surface area contributed by atoms with Crippen molar-refractivity contribution >= 4 is 46.1 Å². The van der Waals surface area contributed by atoms with Crippen LogP contribution >= 0.6 is 11.6 Å². The van der Waals surface area contributed by atoms with Gasteiger partial charge in [0.2, 0.25) is 12.1 Å². The number of ether oxygens (including phenoxy) is 1. The Morgan fingerprint density at radius 1 is 1.08 bits per heavy atom. The molecule has 1 atom stereocenters. The Morgan fingerprint density at radius 3 is 2.53 bits per heavy atom. The van der Waals surface area contributed by atoms with Crippen LogP contribution in [0.5, 0.6) is 5.75 Å². The third kappa shape index (κ3) is 4.59. The average molecular weight is 501 g/mol. The van der Waals surface area contributed by atoms with Gasteiger partial charge in [-0.1, -0.05) is 41.9 Å². The number of aromatic hydroxyl groups is 1. The van der Waals surface area contributed by atoms with Crippen molar-refractivity contribution in [2.24, 2.45) is 5.10 Å². The van der Waals surface area contributed by atoms with Gasteiger partial charge in [-0.05, 0) is 48.0 Å². The lowest BCUT2D eigenvalue weighted by Crippen LogP contribution is -2.26. The van der Waals surface area contributed by atoms with Gasteiger partial charge in [-0.2, -0.15) is 5.01 Å². The molecule has 1 unspecified atom stereocenters. The Morgan fingerprint density at radius 2 is 1.81 bits per heavy atom. The summed E-state index contributed by atoms with van der Waals surface area (Å²) in [6.07, 6.45) is 1.89. The highest BCUT2D eigenvalue weighted by atomic mass is 35.5. The summed E-state index contributed by atoms with van der Waals surface area (Å²) in [6, 6.07) is 21.2. The number of phenols is 1. The molecule has 36 heavy (non-hydrogen) atoms. The van der Waals surface area contributed by atoms with E-state index in [2.05, 4.69) is 10.1 Å². The first-order chi connectivity index (χ1) is 17.4. The third-order valence-electron chi connectivity index (χ3n) is 5.48. The summed E-state index contributed by atoms with van der Waals surface area (Å²) in [4.78, 5) is 28.1. The van der Waals surface area contributed by atoms with Crippen LogP contribution in [0, 0.1) is 10.1 Å². The number of nitro groups is 1. The Labute approximate surface area is 209 Å². The molecule has 2 heterocycles. The smallest absolute Gasteiger partial charge is 0.270 e. The Bertz CT molecular complexity index is 1530. The number of carbonyl (C=O) groups excluding carboxylic acids is 1. The Balaban J connectivity index is 1.52. The van der Waals surface area contributed by atoms with Crippen LogP contribution in [-0.2, 0) is 9.53 Å². The minimum Gasteiger partial charge on any atom is -0.508 e. The molecule has 10 heteroatoms. The first kappa shape index (κ1) is 23.0. The number of nitro benzene ring substituents is 1. The molecule has 1 aliphatic heterocycles. The van der Waals surface area contributed by atoms with Crippen LogP contribution in [0.3, 0.4) is 0 Å². The number of hydrazone groups is 1. The highest BCUT2D eigenvalue weighted by Gasteiger charge is 2.36. The SMILES string of the molecule is O=C(/C=C/c1ccc(O)cc1)N1N=C(c2ccc([N+](=O)[O-])cc2)OC1c1cc2ccccc2nc1Cl. The van der Waals surface area contributed by atoms with E-state index < -0.39 is 17.1 Å². The molecule has 4 aromatic rings. The summed E-state index contributed by atoms with van der Waals surface area (Å²) >= 11 is 6.49. The van der Waals surface area contributed by atoms with Crippen molar-refractivity contribution in [2.75, 3.05) is 0 Å². The average Bonchev–Trinajstić information content (AvgIpc) is 3.33. The maximum absolute atomic E-state index is 13.2. The number of nitrogens with zero attached hydrogens (tertiary/aromatic N) is 4. The van der Waals surface area contributed by atoms with E-state index in [0.29, 0.717) is 22.2 Å². The van der Waals surface area contributed by atoms with E-state index in [1.54, 1.807) is 24.3 Å². The summed E-state index contributed by atoms with van der Waals surface area (Å²) in [5.41, 5.74) is 2.18. The van der Waals surface area contributed by atoms with Crippen molar-refractivity contribution < 1.29 is 19.6 Å². The number of carbonyl (C=O) groups is 1. The zero-order valence-electron chi connectivity index (χ0n) is 18.5. The number of pyridine rings is 1. The van der Waals surface area contributed by atoms with Crippen LogP contribution in [0.15, 0.2) is 90.0 Å². The second kappa shape index (κ2) is 9.47. The molecule has 0 spiro atoms. The van der Waals surface area contributed by atoms with E-state index in [0.717, 1.165) is 10.4 Å². The molecule has 1 amide bonds. The minimum atomic E-state index is -1.02. The number of non-ortho nitro benzene ring substituents is 1. The molecule has 0 radical (unpaired) electrons. The second-order valence-corrected chi connectivity index (χ2v) is 8.21. The Kier molecular flexibility index (Phi) is 6.05. The summed E-state index contributed by atoms with van der Waals surface area (Å²) in [7, 11) is 0. The van der Waals surface area contributed by atoms with Crippen LogP contribution in [0.2, 0.25) is 5.15 Å². The quantitative estimate of drug-likeness (QED) is 0.169.